The summed E-state index contributed by atoms with van der Waals surface area (Å²) >= 11 is 4.10. The zero-order valence-electron chi connectivity index (χ0n) is 7.70. The van der Waals surface area contributed by atoms with Crippen LogP contribution in [0.5, 0.6) is 0 Å². The van der Waals surface area contributed by atoms with Crippen LogP contribution >= 0.6 is 12.6 Å². The minimum Gasteiger partial charge on any atom is -0.380 e. The maximum Gasteiger partial charge on any atom is 0.0554 e. The van der Waals surface area contributed by atoms with E-state index in [4.69, 9.17) is 4.74 Å². The molecule has 12 heavy (non-hydrogen) atoms. The summed E-state index contributed by atoms with van der Waals surface area (Å²) in [6.45, 7) is 4.00. The molecule has 1 rings (SSSR count). The number of hydrogen-bond acceptors (Lipinski definition) is 2. The first-order valence-corrected chi connectivity index (χ1v) is 5.31. The zero-order chi connectivity index (χ0) is 8.81. The lowest BCUT2D eigenvalue weighted by Crippen LogP contribution is -2.20. The van der Waals surface area contributed by atoms with Crippen molar-refractivity contribution in [2.45, 2.75) is 19.8 Å². The summed E-state index contributed by atoms with van der Waals surface area (Å²) in [4.78, 5) is 0. The fourth-order valence-electron chi connectivity index (χ4n) is 1.54. The molecule has 0 saturated carbocycles. The van der Waals surface area contributed by atoms with E-state index in [1.165, 1.54) is 12.8 Å². The predicted molar refractivity (Wildman–Crippen MR) is 55.7 cm³/mol. The van der Waals surface area contributed by atoms with E-state index >= 15 is 0 Å². The molecule has 0 aromatic carbocycles. The average molecular weight is 186 g/mol. The van der Waals surface area contributed by atoms with Crippen molar-refractivity contribution in [2.24, 2.45) is 11.8 Å². The van der Waals surface area contributed by atoms with Crippen molar-refractivity contribution >= 4 is 12.6 Å². The van der Waals surface area contributed by atoms with Gasteiger partial charge in [-0.1, -0.05) is 19.1 Å². The Balaban J connectivity index is 2.17. The van der Waals surface area contributed by atoms with Gasteiger partial charge in [0.1, 0.15) is 0 Å². The summed E-state index contributed by atoms with van der Waals surface area (Å²) in [6, 6.07) is 0. The van der Waals surface area contributed by atoms with Gasteiger partial charge in [0.25, 0.3) is 0 Å². The van der Waals surface area contributed by atoms with E-state index in [-0.39, 0.29) is 0 Å². The van der Waals surface area contributed by atoms with Gasteiger partial charge in [-0.2, -0.15) is 12.6 Å². The lowest BCUT2D eigenvalue weighted by molar-refractivity contribution is 0.0903. The Labute approximate surface area is 80.6 Å². The Morgan fingerprint density at radius 3 is 2.83 bits per heavy atom. The first-order valence-electron chi connectivity index (χ1n) is 4.68. The lowest BCUT2D eigenvalue weighted by Gasteiger charge is -2.24. The van der Waals surface area contributed by atoms with Crippen LogP contribution in [0.15, 0.2) is 12.2 Å². The fourth-order valence-corrected chi connectivity index (χ4v) is 1.67. The molecule has 0 saturated heterocycles. The molecule has 70 valence electrons. The van der Waals surface area contributed by atoms with Gasteiger partial charge in [0.15, 0.2) is 0 Å². The largest absolute Gasteiger partial charge is 0.380 e. The van der Waals surface area contributed by atoms with Crippen molar-refractivity contribution in [1.29, 1.82) is 0 Å². The van der Waals surface area contributed by atoms with Gasteiger partial charge in [0.05, 0.1) is 6.61 Å². The van der Waals surface area contributed by atoms with Gasteiger partial charge < -0.3 is 4.74 Å². The minimum absolute atomic E-state index is 0.731. The Morgan fingerprint density at radius 2 is 2.17 bits per heavy atom. The van der Waals surface area contributed by atoms with Gasteiger partial charge in [-0.05, 0) is 24.7 Å². The Kier molecular flexibility index (Phi) is 4.77. The molecular weight excluding hydrogens is 168 g/mol. The first-order chi connectivity index (χ1) is 5.84. The number of rotatable bonds is 4. The van der Waals surface area contributed by atoms with Crippen molar-refractivity contribution in [3.05, 3.63) is 12.2 Å². The Hall–Kier alpha value is 0.0500. The second kappa shape index (κ2) is 5.65. The molecule has 0 aliphatic heterocycles. The van der Waals surface area contributed by atoms with Crippen LogP contribution in [-0.2, 0) is 4.74 Å². The van der Waals surface area contributed by atoms with Crippen molar-refractivity contribution in [3.8, 4) is 0 Å². The molecule has 2 atom stereocenters. The molecule has 0 spiro atoms. The van der Waals surface area contributed by atoms with Gasteiger partial charge in [0, 0.05) is 12.4 Å². The van der Waals surface area contributed by atoms with Gasteiger partial charge in [0.2, 0.25) is 0 Å². The molecule has 2 heteroatoms. The molecule has 0 amide bonds. The smallest absolute Gasteiger partial charge is 0.0554 e. The quantitative estimate of drug-likeness (QED) is 0.403. The van der Waals surface area contributed by atoms with Crippen molar-refractivity contribution in [3.63, 3.8) is 0 Å². The molecule has 2 unspecified atom stereocenters. The van der Waals surface area contributed by atoms with Crippen molar-refractivity contribution < 1.29 is 4.74 Å². The number of allylic oxidation sites excluding steroid dienone is 2. The SMILES string of the molecule is CC1CC=CCC1COCCS. The monoisotopic (exact) mass is 186 g/mol. The average Bonchev–Trinajstić information content (AvgIpc) is 2.09. The summed E-state index contributed by atoms with van der Waals surface area (Å²) < 4.78 is 5.48. The topological polar surface area (TPSA) is 9.23 Å². The van der Waals surface area contributed by atoms with Gasteiger partial charge in [-0.3, -0.25) is 0 Å². The maximum absolute atomic E-state index is 5.48. The highest BCUT2D eigenvalue weighted by Gasteiger charge is 2.17. The Bertz CT molecular complexity index is 145. The molecular formula is C10H18OS. The molecule has 0 N–H and O–H groups in total. The van der Waals surface area contributed by atoms with E-state index in [9.17, 15) is 0 Å². The van der Waals surface area contributed by atoms with Crippen LogP contribution in [0.4, 0.5) is 0 Å². The molecule has 1 aliphatic rings. The molecule has 1 aliphatic carbocycles. The summed E-state index contributed by atoms with van der Waals surface area (Å²) in [7, 11) is 0. The summed E-state index contributed by atoms with van der Waals surface area (Å²) in [5.41, 5.74) is 0. The second-order valence-corrected chi connectivity index (χ2v) is 3.93. The first kappa shape index (κ1) is 10.1. The van der Waals surface area contributed by atoms with Gasteiger partial charge in [-0.25, -0.2) is 0 Å². The highest BCUT2D eigenvalue weighted by atomic mass is 32.1. The van der Waals surface area contributed by atoms with E-state index in [2.05, 4.69) is 31.7 Å². The van der Waals surface area contributed by atoms with Crippen LogP contribution in [0.1, 0.15) is 19.8 Å². The summed E-state index contributed by atoms with van der Waals surface area (Å²) in [5.74, 6) is 2.35. The number of hydrogen-bond donors (Lipinski definition) is 1. The predicted octanol–water partition coefficient (Wildman–Crippen LogP) is 2.54. The molecule has 0 radical (unpaired) electrons. The van der Waals surface area contributed by atoms with Crippen LogP contribution in [0, 0.1) is 11.8 Å². The molecule has 0 aromatic rings. The van der Waals surface area contributed by atoms with Crippen LogP contribution in [-0.4, -0.2) is 19.0 Å². The number of thiol groups is 1. The second-order valence-electron chi connectivity index (χ2n) is 3.48. The maximum atomic E-state index is 5.48. The minimum atomic E-state index is 0.731. The molecule has 0 bridgehead atoms. The molecule has 0 heterocycles. The highest BCUT2D eigenvalue weighted by molar-refractivity contribution is 7.80. The van der Waals surface area contributed by atoms with E-state index in [1.54, 1.807) is 0 Å². The highest BCUT2D eigenvalue weighted by Crippen LogP contribution is 2.24. The van der Waals surface area contributed by atoms with Crippen LogP contribution in [0.25, 0.3) is 0 Å². The molecule has 0 aromatic heterocycles. The lowest BCUT2D eigenvalue weighted by atomic mass is 9.85. The van der Waals surface area contributed by atoms with E-state index in [1.807, 2.05) is 0 Å². The van der Waals surface area contributed by atoms with Gasteiger partial charge >= 0.3 is 0 Å². The third-order valence-corrected chi connectivity index (χ3v) is 2.67. The van der Waals surface area contributed by atoms with Gasteiger partial charge in [-0.15, -0.1) is 0 Å². The zero-order valence-corrected chi connectivity index (χ0v) is 8.59. The third kappa shape index (κ3) is 3.20. The van der Waals surface area contributed by atoms with Crippen LogP contribution in [0.3, 0.4) is 0 Å². The van der Waals surface area contributed by atoms with Crippen molar-refractivity contribution in [1.82, 2.24) is 0 Å². The molecule has 1 nitrogen and oxygen atoms in total. The van der Waals surface area contributed by atoms with E-state index in [0.29, 0.717) is 0 Å². The van der Waals surface area contributed by atoms with Crippen LogP contribution in [0.2, 0.25) is 0 Å². The summed E-state index contributed by atoms with van der Waals surface area (Å²) in [5, 5.41) is 0. The van der Waals surface area contributed by atoms with E-state index in [0.717, 1.165) is 30.8 Å². The number of ether oxygens (including phenoxy) is 1. The molecule has 0 fully saturated rings. The van der Waals surface area contributed by atoms with Crippen molar-refractivity contribution in [2.75, 3.05) is 19.0 Å². The standard InChI is InChI=1S/C10H18OS/c1-9-4-2-3-5-10(9)8-11-6-7-12/h2-3,9-10,12H,4-8H2,1H3. The van der Waals surface area contributed by atoms with E-state index < -0.39 is 0 Å². The summed E-state index contributed by atoms with van der Waals surface area (Å²) in [6.07, 6.45) is 6.96. The third-order valence-electron chi connectivity index (χ3n) is 2.49. The Morgan fingerprint density at radius 1 is 1.42 bits per heavy atom. The fraction of sp³-hybridized carbons (Fsp3) is 0.800. The normalized spacial score (nSPS) is 29.2. The van der Waals surface area contributed by atoms with Crippen LogP contribution < -0.4 is 0 Å².